The van der Waals surface area contributed by atoms with Crippen LogP contribution in [0.2, 0.25) is 6.04 Å². The SMILES string of the molecule is CO[Si](CCCNC(=O)SCCC(=O)OCC(COCCC(OC(=O)CCS)C(COC(=O)CCS)OC(=O)CCS)C(COC(=O)CCS)OC(=O)CCS)(OC)OC. The number of thioether (sulfide) groups is 1. The van der Waals surface area contributed by atoms with Gasteiger partial charge < -0.3 is 51.8 Å². The van der Waals surface area contributed by atoms with E-state index in [1.807, 2.05) is 0 Å². The molecule has 4 atom stereocenters. The zero-order valence-electron chi connectivity index (χ0n) is 34.2. The van der Waals surface area contributed by atoms with Crippen molar-refractivity contribution in [3.05, 3.63) is 0 Å². The normalized spacial score (nSPS) is 13.3. The molecule has 0 rings (SSSR count). The van der Waals surface area contributed by atoms with Crippen molar-refractivity contribution < 1.29 is 80.0 Å². The summed E-state index contributed by atoms with van der Waals surface area (Å²) >= 11 is 21.2. The molecule has 0 saturated carbocycles. The lowest BCUT2D eigenvalue weighted by atomic mass is 10.0. The van der Waals surface area contributed by atoms with Crippen LogP contribution in [0.25, 0.3) is 0 Å². The number of ether oxygens (including phenoxy) is 7. The topological polar surface area (TPSA) is 224 Å². The highest BCUT2D eigenvalue weighted by molar-refractivity contribution is 8.13. The first-order valence-electron chi connectivity index (χ1n) is 19.0. The number of esters is 6. The Morgan fingerprint density at radius 2 is 0.983 bits per heavy atom. The highest BCUT2D eigenvalue weighted by Crippen LogP contribution is 2.18. The molecule has 0 aliphatic carbocycles. The summed E-state index contributed by atoms with van der Waals surface area (Å²) < 4.78 is 54.9. The maximum atomic E-state index is 12.8. The number of nitrogens with one attached hydrogen (secondary N) is 1. The second kappa shape index (κ2) is 36.9. The van der Waals surface area contributed by atoms with Gasteiger partial charge in [0.15, 0.2) is 6.10 Å². The second-order valence-electron chi connectivity index (χ2n) is 12.3. The smallest absolute Gasteiger partial charge is 0.465 e. The quantitative estimate of drug-likeness (QED) is 0.0175. The van der Waals surface area contributed by atoms with Crippen molar-refractivity contribution in [2.45, 2.75) is 75.7 Å². The van der Waals surface area contributed by atoms with Gasteiger partial charge in [-0.2, -0.15) is 63.1 Å². The summed E-state index contributed by atoms with van der Waals surface area (Å²) in [6.07, 6.45) is -3.42. The number of hydrogen-bond acceptors (Lipinski definition) is 23. The first-order chi connectivity index (χ1) is 28.8. The molecule has 0 aliphatic heterocycles. The molecule has 0 radical (unpaired) electrons. The number of amides is 1. The minimum Gasteiger partial charge on any atom is -0.465 e. The average Bonchev–Trinajstić information content (AvgIpc) is 3.21. The second-order valence-corrected chi connectivity index (χ2v) is 18.7. The van der Waals surface area contributed by atoms with Crippen LogP contribution in [0.3, 0.4) is 0 Å². The molecule has 0 aromatic rings. The molecule has 18 nitrogen and oxygen atoms in total. The van der Waals surface area contributed by atoms with Gasteiger partial charge in [-0.05, 0) is 6.42 Å². The lowest BCUT2D eigenvalue weighted by Gasteiger charge is -2.28. The molecule has 60 heavy (non-hydrogen) atoms. The summed E-state index contributed by atoms with van der Waals surface area (Å²) in [4.78, 5) is 87.3. The van der Waals surface area contributed by atoms with E-state index in [0.29, 0.717) is 19.0 Å². The van der Waals surface area contributed by atoms with Gasteiger partial charge >= 0.3 is 44.6 Å². The van der Waals surface area contributed by atoms with E-state index >= 15 is 0 Å². The largest absolute Gasteiger partial charge is 0.500 e. The Labute approximate surface area is 385 Å². The van der Waals surface area contributed by atoms with Gasteiger partial charge in [-0.15, -0.1) is 0 Å². The monoisotopic (exact) mass is 987 g/mol. The molecule has 0 fully saturated rings. The third-order valence-electron chi connectivity index (χ3n) is 7.92. The van der Waals surface area contributed by atoms with E-state index in [2.05, 4.69) is 68.5 Å². The van der Waals surface area contributed by atoms with Crippen LogP contribution >= 0.6 is 74.9 Å². The summed E-state index contributed by atoms with van der Waals surface area (Å²) in [5.74, 6) is -3.74. The Balaban J connectivity index is 5.91. The van der Waals surface area contributed by atoms with E-state index in [1.165, 1.54) is 21.3 Å². The number of rotatable bonds is 36. The van der Waals surface area contributed by atoms with E-state index in [4.69, 9.17) is 46.4 Å². The Morgan fingerprint density at radius 3 is 1.48 bits per heavy atom. The molecule has 0 saturated heterocycles. The highest BCUT2D eigenvalue weighted by Gasteiger charge is 2.37. The van der Waals surface area contributed by atoms with Gasteiger partial charge in [0.05, 0.1) is 64.3 Å². The molecule has 25 heteroatoms. The third kappa shape index (κ3) is 28.2. The Hall–Kier alpha value is -1.55. The van der Waals surface area contributed by atoms with Crippen molar-refractivity contribution in [3.8, 4) is 0 Å². The van der Waals surface area contributed by atoms with Crippen molar-refractivity contribution in [2.75, 3.05) is 95.4 Å². The third-order valence-corrected chi connectivity index (χ3v) is 12.7. The Bertz CT molecular complexity index is 1260. The fourth-order valence-corrected chi connectivity index (χ4v) is 8.03. The van der Waals surface area contributed by atoms with Gasteiger partial charge in [-0.1, -0.05) is 11.8 Å². The van der Waals surface area contributed by atoms with Crippen LogP contribution in [0.5, 0.6) is 0 Å². The molecule has 348 valence electrons. The van der Waals surface area contributed by atoms with Gasteiger partial charge in [-0.3, -0.25) is 33.6 Å². The van der Waals surface area contributed by atoms with Crippen LogP contribution in [0.4, 0.5) is 4.79 Å². The molecule has 1 amide bonds. The maximum Gasteiger partial charge on any atom is 0.500 e. The van der Waals surface area contributed by atoms with Crippen LogP contribution in [-0.2, 0) is 75.2 Å². The van der Waals surface area contributed by atoms with Gasteiger partial charge in [-0.25, -0.2) is 0 Å². The van der Waals surface area contributed by atoms with E-state index in [0.717, 1.165) is 11.8 Å². The number of thiol groups is 5. The molecular weight excluding hydrogens is 927 g/mol. The van der Waals surface area contributed by atoms with Gasteiger partial charge in [0.2, 0.25) is 0 Å². The zero-order valence-corrected chi connectivity index (χ0v) is 40.5. The van der Waals surface area contributed by atoms with Crippen molar-refractivity contribution in [2.24, 2.45) is 5.92 Å². The van der Waals surface area contributed by atoms with E-state index in [-0.39, 0.29) is 105 Å². The van der Waals surface area contributed by atoms with Crippen LogP contribution in [0.15, 0.2) is 0 Å². The number of hydrogen-bond donors (Lipinski definition) is 6. The molecule has 0 heterocycles. The first kappa shape index (κ1) is 58.4. The van der Waals surface area contributed by atoms with Gasteiger partial charge in [0.25, 0.3) is 5.24 Å². The standard InChI is InChI=1S/C35H61NO17S6Si/c1-44-60(45-2,46-3)20-4-12-36-35(43)59-19-11-31(39)48-22-25(27(52-33(41)9-17-57)23-49-29(37)6-14-54)21-47-13-5-26(51-32(40)8-16-56)28(53-34(42)10-18-58)24-50-30(38)7-15-55/h25-28,54-58H,4-24H2,1-3H3,(H,36,43). The van der Waals surface area contributed by atoms with E-state index < -0.39 is 82.1 Å². The fourth-order valence-electron chi connectivity index (χ4n) is 4.74. The van der Waals surface area contributed by atoms with Crippen LogP contribution in [0, 0.1) is 5.92 Å². The minimum absolute atomic E-state index is 0.0138. The summed E-state index contributed by atoms with van der Waals surface area (Å²) in [7, 11) is 1.73. The predicted molar refractivity (Wildman–Crippen MR) is 240 cm³/mol. The van der Waals surface area contributed by atoms with E-state index in [1.54, 1.807) is 0 Å². The average molecular weight is 988 g/mol. The zero-order chi connectivity index (χ0) is 45.2. The van der Waals surface area contributed by atoms with Gasteiger partial charge in [0.1, 0.15) is 25.4 Å². The predicted octanol–water partition coefficient (Wildman–Crippen LogP) is 3.07. The molecule has 4 unspecified atom stereocenters. The van der Waals surface area contributed by atoms with Crippen LogP contribution < -0.4 is 5.32 Å². The Kier molecular flexibility index (Phi) is 35.9. The molecule has 0 bridgehead atoms. The first-order valence-corrected chi connectivity index (χ1v) is 25.1. The number of carbonyl (C=O) groups is 7. The lowest BCUT2D eigenvalue weighted by molar-refractivity contribution is -0.177. The lowest BCUT2D eigenvalue weighted by Crippen LogP contribution is -2.43. The Morgan fingerprint density at radius 1 is 0.550 bits per heavy atom. The van der Waals surface area contributed by atoms with Crippen molar-refractivity contribution in [1.82, 2.24) is 5.32 Å². The molecular formula is C35H61NO17S6Si. The summed E-state index contributed by atoms with van der Waals surface area (Å²) in [5, 5.41) is 2.40. The van der Waals surface area contributed by atoms with Crippen molar-refractivity contribution in [1.29, 1.82) is 0 Å². The maximum absolute atomic E-state index is 12.8. The van der Waals surface area contributed by atoms with Crippen LogP contribution in [0.1, 0.15) is 51.4 Å². The van der Waals surface area contributed by atoms with Crippen LogP contribution in [-0.4, -0.2) is 164 Å². The molecule has 0 spiro atoms. The summed E-state index contributed by atoms with van der Waals surface area (Å²) in [6.45, 7) is -1.23. The van der Waals surface area contributed by atoms with Gasteiger partial charge in [0, 0.05) is 74.9 Å². The van der Waals surface area contributed by atoms with Crippen molar-refractivity contribution >= 4 is 125 Å². The summed E-state index contributed by atoms with van der Waals surface area (Å²) in [5.41, 5.74) is 0. The molecule has 1 N–H and O–H groups in total. The fraction of sp³-hybridized carbons (Fsp3) is 0.800. The van der Waals surface area contributed by atoms with Crippen molar-refractivity contribution in [3.63, 3.8) is 0 Å². The molecule has 0 aromatic heterocycles. The molecule has 0 aliphatic rings. The highest BCUT2D eigenvalue weighted by atomic mass is 32.2. The summed E-state index contributed by atoms with van der Waals surface area (Å²) in [6, 6.07) is 0.489. The van der Waals surface area contributed by atoms with E-state index in [9.17, 15) is 33.6 Å². The molecule has 0 aromatic carbocycles. The number of carbonyl (C=O) groups excluding carboxylic acids is 7. The minimum atomic E-state index is -2.77.